The second kappa shape index (κ2) is 54.7. The first kappa shape index (κ1) is 73.2. The van der Waals surface area contributed by atoms with E-state index in [-0.39, 0.29) is 25.9 Å². The molecule has 0 aromatic rings. The number of carboxylic acids is 1. The van der Waals surface area contributed by atoms with Crippen LogP contribution in [-0.2, 0) is 42.9 Å². The topological polar surface area (TPSA) is 175 Å². The predicted octanol–water partition coefficient (Wildman–Crippen LogP) is 16.9. The van der Waals surface area contributed by atoms with E-state index in [0.29, 0.717) is 25.7 Å². The molecular weight excluding hydrogens is 997 g/mol. The number of hydrogen-bond acceptors (Lipinski definition) is 11. The van der Waals surface area contributed by atoms with Crippen LogP contribution in [0.5, 0.6) is 0 Å². The zero-order valence-electron chi connectivity index (χ0n) is 50.1. The van der Waals surface area contributed by atoms with Crippen molar-refractivity contribution in [1.82, 2.24) is 0 Å². The SMILES string of the molecule is CC/C=C\C/C=C\C/C=C\C/C=C\C/C=C\C/C=C\CCC(=O)OC1C(OCC(COC(=O)CCCCCCCCCCCCCCCCC)OC(=O)CCCCCCCCCCCCCCCCC)OC(C(=O)O)C(O)C1O. The van der Waals surface area contributed by atoms with Crippen LogP contribution < -0.4 is 0 Å². The van der Waals surface area contributed by atoms with Crippen molar-refractivity contribution in [3.05, 3.63) is 72.9 Å². The van der Waals surface area contributed by atoms with Crippen molar-refractivity contribution in [3.8, 4) is 0 Å². The van der Waals surface area contributed by atoms with Gasteiger partial charge in [-0.25, -0.2) is 4.79 Å². The fourth-order valence-corrected chi connectivity index (χ4v) is 9.45. The highest BCUT2D eigenvalue weighted by Gasteiger charge is 2.50. The lowest BCUT2D eigenvalue weighted by Gasteiger charge is -2.40. The van der Waals surface area contributed by atoms with E-state index in [9.17, 15) is 34.5 Å². The molecule has 454 valence electrons. The van der Waals surface area contributed by atoms with Crippen molar-refractivity contribution in [2.45, 2.75) is 314 Å². The Bertz CT molecular complexity index is 1650. The van der Waals surface area contributed by atoms with E-state index in [1.807, 2.05) is 18.2 Å². The van der Waals surface area contributed by atoms with E-state index >= 15 is 0 Å². The van der Waals surface area contributed by atoms with Gasteiger partial charge in [-0.2, -0.15) is 0 Å². The summed E-state index contributed by atoms with van der Waals surface area (Å²) in [4.78, 5) is 51.2. The van der Waals surface area contributed by atoms with Gasteiger partial charge < -0.3 is 39.0 Å². The van der Waals surface area contributed by atoms with Gasteiger partial charge in [-0.3, -0.25) is 14.4 Å². The molecule has 1 heterocycles. The van der Waals surface area contributed by atoms with E-state index < -0.39 is 67.3 Å². The Balaban J connectivity index is 2.70. The molecule has 0 aromatic carbocycles. The minimum atomic E-state index is -1.93. The molecular formula is C67H114O12. The average Bonchev–Trinajstić information content (AvgIpc) is 3.44. The van der Waals surface area contributed by atoms with Gasteiger partial charge in [0.05, 0.1) is 6.61 Å². The van der Waals surface area contributed by atoms with Crippen LogP contribution in [-0.4, -0.2) is 89.2 Å². The van der Waals surface area contributed by atoms with Gasteiger partial charge in [0.1, 0.15) is 18.8 Å². The van der Waals surface area contributed by atoms with Gasteiger partial charge in [-0.1, -0.05) is 273 Å². The van der Waals surface area contributed by atoms with Crippen LogP contribution in [0.4, 0.5) is 0 Å². The van der Waals surface area contributed by atoms with E-state index in [0.717, 1.165) is 70.6 Å². The number of rotatable bonds is 54. The summed E-state index contributed by atoms with van der Waals surface area (Å²) in [5, 5.41) is 31.5. The Hall–Kier alpha value is -3.84. The third kappa shape index (κ3) is 44.5. The Morgan fingerprint density at radius 1 is 0.430 bits per heavy atom. The standard InChI is InChI=1S/C67H114O12/c1-4-7-10-13-16-19-22-25-28-29-30-31-34-37-40-43-46-49-52-55-61(70)78-65-63(72)62(71)64(66(73)74)79-67(65)76-57-58(77-60(69)54-51-48-45-42-39-36-33-27-24-21-18-15-12-9-6-3)56-75-59(68)53-50-47-44-41-38-35-32-26-23-20-17-14-11-8-5-2/h7,10,16,19,25,28,30-31,37,40,46,49,58,62-65,67,71-72H,4-6,8-9,11-15,17-18,20-24,26-27,29,32-36,38-39,41-45,47-48,50-57H2,1-3H3,(H,73,74)/b10-7-,19-16-,28-25-,31-30-,40-37-,49-46-. The smallest absolute Gasteiger partial charge is 0.335 e. The first-order valence-electron chi connectivity index (χ1n) is 31.9. The number of aliphatic hydroxyl groups excluding tert-OH is 2. The quantitative estimate of drug-likeness (QED) is 0.0228. The predicted molar refractivity (Wildman–Crippen MR) is 322 cm³/mol. The number of allylic oxidation sites excluding steroid dienone is 12. The van der Waals surface area contributed by atoms with Crippen LogP contribution in [0, 0.1) is 0 Å². The summed E-state index contributed by atoms with van der Waals surface area (Å²) >= 11 is 0. The second-order valence-electron chi connectivity index (χ2n) is 21.7. The number of esters is 3. The average molecular weight is 1110 g/mol. The number of aliphatic carboxylic acids is 1. The third-order valence-corrected chi connectivity index (χ3v) is 14.3. The minimum absolute atomic E-state index is 0.0641. The van der Waals surface area contributed by atoms with E-state index in [1.165, 1.54) is 141 Å². The summed E-state index contributed by atoms with van der Waals surface area (Å²) in [7, 11) is 0. The van der Waals surface area contributed by atoms with E-state index in [2.05, 4.69) is 75.5 Å². The molecule has 0 aliphatic carbocycles. The lowest BCUT2D eigenvalue weighted by atomic mass is 9.98. The highest BCUT2D eigenvalue weighted by atomic mass is 16.7. The fraction of sp³-hybridized carbons (Fsp3) is 0.761. The fourth-order valence-electron chi connectivity index (χ4n) is 9.45. The summed E-state index contributed by atoms with van der Waals surface area (Å²) in [6, 6.07) is 0. The van der Waals surface area contributed by atoms with Crippen molar-refractivity contribution in [2.24, 2.45) is 0 Å². The molecule has 1 aliphatic heterocycles. The summed E-state index contributed by atoms with van der Waals surface area (Å²) in [6.07, 6.45) is 57.3. The number of carbonyl (C=O) groups excluding carboxylic acids is 3. The largest absolute Gasteiger partial charge is 0.479 e. The molecule has 0 amide bonds. The van der Waals surface area contributed by atoms with Crippen molar-refractivity contribution >= 4 is 23.9 Å². The number of carbonyl (C=O) groups is 4. The number of aliphatic hydroxyl groups is 2. The molecule has 0 saturated carbocycles. The maximum atomic E-state index is 13.2. The minimum Gasteiger partial charge on any atom is -0.479 e. The van der Waals surface area contributed by atoms with Crippen LogP contribution in [0.1, 0.15) is 278 Å². The number of ether oxygens (including phenoxy) is 5. The molecule has 0 aromatic heterocycles. The first-order chi connectivity index (χ1) is 38.6. The highest BCUT2D eigenvalue weighted by molar-refractivity contribution is 5.74. The van der Waals surface area contributed by atoms with Crippen LogP contribution >= 0.6 is 0 Å². The van der Waals surface area contributed by atoms with Gasteiger partial charge in [-0.15, -0.1) is 0 Å². The zero-order valence-corrected chi connectivity index (χ0v) is 50.1. The van der Waals surface area contributed by atoms with Crippen LogP contribution in [0.2, 0.25) is 0 Å². The van der Waals surface area contributed by atoms with Gasteiger partial charge in [0.25, 0.3) is 0 Å². The monoisotopic (exact) mass is 1110 g/mol. The Kier molecular flexibility index (Phi) is 50.7. The Morgan fingerprint density at radius 2 is 0.797 bits per heavy atom. The number of unbranched alkanes of at least 4 members (excludes halogenated alkanes) is 28. The molecule has 3 N–H and O–H groups in total. The summed E-state index contributed by atoms with van der Waals surface area (Å²) < 4.78 is 28.4. The molecule has 0 bridgehead atoms. The summed E-state index contributed by atoms with van der Waals surface area (Å²) in [5.74, 6) is -3.21. The highest BCUT2D eigenvalue weighted by Crippen LogP contribution is 2.26. The van der Waals surface area contributed by atoms with Gasteiger partial charge in [0.15, 0.2) is 24.6 Å². The normalized spacial score (nSPS) is 18.3. The lowest BCUT2D eigenvalue weighted by molar-refractivity contribution is -0.301. The molecule has 0 radical (unpaired) electrons. The molecule has 0 spiro atoms. The molecule has 1 aliphatic rings. The van der Waals surface area contributed by atoms with E-state index in [1.54, 1.807) is 0 Å². The first-order valence-corrected chi connectivity index (χ1v) is 31.9. The van der Waals surface area contributed by atoms with Crippen LogP contribution in [0.15, 0.2) is 72.9 Å². The van der Waals surface area contributed by atoms with Crippen LogP contribution in [0.3, 0.4) is 0 Å². The number of hydrogen-bond donors (Lipinski definition) is 3. The van der Waals surface area contributed by atoms with Crippen molar-refractivity contribution in [1.29, 1.82) is 0 Å². The Morgan fingerprint density at radius 3 is 1.19 bits per heavy atom. The molecule has 1 fully saturated rings. The summed E-state index contributed by atoms with van der Waals surface area (Å²) in [5.41, 5.74) is 0. The summed E-state index contributed by atoms with van der Waals surface area (Å²) in [6.45, 7) is 5.88. The maximum Gasteiger partial charge on any atom is 0.335 e. The molecule has 12 heteroatoms. The zero-order chi connectivity index (χ0) is 57.5. The second-order valence-corrected chi connectivity index (χ2v) is 21.7. The molecule has 1 saturated heterocycles. The molecule has 6 unspecified atom stereocenters. The van der Waals surface area contributed by atoms with Crippen molar-refractivity contribution < 1.29 is 58.2 Å². The van der Waals surface area contributed by atoms with Gasteiger partial charge in [0.2, 0.25) is 0 Å². The molecule has 12 nitrogen and oxygen atoms in total. The van der Waals surface area contributed by atoms with E-state index in [4.69, 9.17) is 23.7 Å². The molecule has 79 heavy (non-hydrogen) atoms. The maximum absolute atomic E-state index is 13.2. The van der Waals surface area contributed by atoms with Crippen LogP contribution in [0.25, 0.3) is 0 Å². The third-order valence-electron chi connectivity index (χ3n) is 14.3. The van der Waals surface area contributed by atoms with Crippen molar-refractivity contribution in [2.75, 3.05) is 13.2 Å². The lowest BCUT2D eigenvalue weighted by Crippen LogP contribution is -2.61. The number of carboxylic acid groups (broad SMARTS) is 1. The van der Waals surface area contributed by atoms with Gasteiger partial charge in [0, 0.05) is 19.3 Å². The molecule has 1 rings (SSSR count). The van der Waals surface area contributed by atoms with Gasteiger partial charge in [-0.05, 0) is 57.8 Å². The Labute approximate surface area is 480 Å². The van der Waals surface area contributed by atoms with Gasteiger partial charge >= 0.3 is 23.9 Å². The molecule has 6 atom stereocenters. The van der Waals surface area contributed by atoms with Crippen molar-refractivity contribution in [3.63, 3.8) is 0 Å².